The maximum absolute atomic E-state index is 12.0. The summed E-state index contributed by atoms with van der Waals surface area (Å²) in [6.45, 7) is 11.7. The molecule has 0 N–H and O–H groups in total. The van der Waals surface area contributed by atoms with E-state index in [1.165, 1.54) is 4.90 Å². The predicted molar refractivity (Wildman–Crippen MR) is 144 cm³/mol. The second-order valence-electron chi connectivity index (χ2n) is 10.1. The van der Waals surface area contributed by atoms with Gasteiger partial charge in [0, 0.05) is 23.2 Å². The number of benzene rings is 2. The van der Waals surface area contributed by atoms with Crippen molar-refractivity contribution in [1.29, 1.82) is 0 Å². The molecule has 0 aromatic heterocycles. The van der Waals surface area contributed by atoms with Crippen LogP contribution in [0.1, 0.15) is 39.2 Å². The number of hydrogen-bond acceptors (Lipinski definition) is 6. The van der Waals surface area contributed by atoms with Crippen molar-refractivity contribution in [3.05, 3.63) is 66.2 Å². The van der Waals surface area contributed by atoms with Gasteiger partial charge in [-0.2, -0.15) is 8.42 Å². The average molecular weight is 525 g/mol. The Morgan fingerprint density at radius 1 is 0.941 bits per heavy atom. The second-order valence-corrected chi connectivity index (χ2v) is 17.6. The van der Waals surface area contributed by atoms with Crippen molar-refractivity contribution in [3.8, 4) is 0 Å². The molecule has 0 aliphatic heterocycles. The monoisotopic (exact) mass is 524 g/mol. The van der Waals surface area contributed by atoms with Crippen molar-refractivity contribution in [3.63, 3.8) is 0 Å². The van der Waals surface area contributed by atoms with Crippen LogP contribution < -0.4 is 0 Å². The van der Waals surface area contributed by atoms with Gasteiger partial charge < -0.3 is 9.16 Å². The molecule has 2 aromatic rings. The molecule has 0 aliphatic rings. The first-order valence-electron chi connectivity index (χ1n) is 11.7. The highest BCUT2D eigenvalue weighted by molar-refractivity contribution is 7.99. The first-order chi connectivity index (χ1) is 15.9. The van der Waals surface area contributed by atoms with Crippen LogP contribution in [-0.2, 0) is 30.1 Å². The molecule has 0 spiro atoms. The quantitative estimate of drug-likeness (QED) is 0.159. The molecule has 2 atom stereocenters. The summed E-state index contributed by atoms with van der Waals surface area (Å²) in [6, 6.07) is 20.1. The van der Waals surface area contributed by atoms with Gasteiger partial charge in [0.2, 0.25) is 0 Å². The fourth-order valence-corrected chi connectivity index (χ4v) is 6.20. The van der Waals surface area contributed by atoms with E-state index in [-0.39, 0.29) is 17.7 Å². The minimum absolute atomic E-state index is 0.0504. The summed E-state index contributed by atoms with van der Waals surface area (Å²) in [5.41, 5.74) is 1.04. The number of rotatable bonds is 14. The van der Waals surface area contributed by atoms with Gasteiger partial charge in [0.15, 0.2) is 8.32 Å². The van der Waals surface area contributed by atoms with Gasteiger partial charge >= 0.3 is 0 Å². The Labute approximate surface area is 211 Å². The van der Waals surface area contributed by atoms with E-state index in [9.17, 15) is 8.42 Å². The molecule has 0 heterocycles. The third kappa shape index (κ3) is 11.1. The van der Waals surface area contributed by atoms with E-state index in [0.717, 1.165) is 24.0 Å². The van der Waals surface area contributed by atoms with Crippen molar-refractivity contribution in [2.45, 2.75) is 75.5 Å². The van der Waals surface area contributed by atoms with Crippen molar-refractivity contribution in [2.75, 3.05) is 18.6 Å². The van der Waals surface area contributed by atoms with Crippen LogP contribution in [0.2, 0.25) is 18.1 Å². The predicted octanol–water partition coefficient (Wildman–Crippen LogP) is 6.51. The molecular weight excluding hydrogens is 485 g/mol. The Morgan fingerprint density at radius 2 is 1.53 bits per heavy atom. The molecule has 0 amide bonds. The standard InChI is InChI=1S/C26H40O5S2Si/c1-26(2,3)34(5,6)31-23(17-18-32-25-15-11-8-12-16-25)19-24(30-33(4,27)28)21-29-20-22-13-9-7-10-14-22/h7-16,23-24H,17-21H2,1-6H3/t23-,24+/m0/s1. The molecule has 0 fully saturated rings. The first-order valence-corrected chi connectivity index (χ1v) is 17.4. The Balaban J connectivity index is 2.08. The van der Waals surface area contributed by atoms with Gasteiger partial charge in [0.25, 0.3) is 10.1 Å². The highest BCUT2D eigenvalue weighted by Gasteiger charge is 2.39. The van der Waals surface area contributed by atoms with Gasteiger partial charge in [-0.3, -0.25) is 4.18 Å². The van der Waals surface area contributed by atoms with Gasteiger partial charge in [-0.05, 0) is 42.2 Å². The van der Waals surface area contributed by atoms with Crippen LogP contribution in [0.3, 0.4) is 0 Å². The number of thioether (sulfide) groups is 1. The van der Waals surface area contributed by atoms with Crippen molar-refractivity contribution in [2.24, 2.45) is 0 Å². The van der Waals surface area contributed by atoms with Crippen LogP contribution in [0.25, 0.3) is 0 Å². The minimum Gasteiger partial charge on any atom is -0.414 e. The van der Waals surface area contributed by atoms with Gasteiger partial charge in [-0.1, -0.05) is 69.3 Å². The van der Waals surface area contributed by atoms with Crippen molar-refractivity contribution < 1.29 is 21.8 Å². The van der Waals surface area contributed by atoms with E-state index in [1.54, 1.807) is 11.8 Å². The third-order valence-electron chi connectivity index (χ3n) is 5.97. The van der Waals surface area contributed by atoms with E-state index in [2.05, 4.69) is 46.0 Å². The lowest BCUT2D eigenvalue weighted by Crippen LogP contribution is -2.45. The van der Waals surface area contributed by atoms with Gasteiger partial charge in [-0.25, -0.2) is 0 Å². The molecule has 0 saturated heterocycles. The van der Waals surface area contributed by atoms with Gasteiger partial charge in [-0.15, -0.1) is 11.8 Å². The van der Waals surface area contributed by atoms with E-state index < -0.39 is 24.5 Å². The second kappa shape index (κ2) is 13.2. The molecule has 5 nitrogen and oxygen atoms in total. The summed E-state index contributed by atoms with van der Waals surface area (Å²) in [5, 5.41) is 0.0504. The molecule has 0 saturated carbocycles. The van der Waals surface area contributed by atoms with Gasteiger partial charge in [0.05, 0.1) is 19.5 Å². The van der Waals surface area contributed by atoms with E-state index in [0.29, 0.717) is 13.0 Å². The lowest BCUT2D eigenvalue weighted by atomic mass is 10.1. The largest absolute Gasteiger partial charge is 0.414 e. The summed E-state index contributed by atoms with van der Waals surface area (Å²) in [5.74, 6) is 0.875. The van der Waals surface area contributed by atoms with Crippen LogP contribution >= 0.6 is 11.8 Å². The lowest BCUT2D eigenvalue weighted by Gasteiger charge is -2.40. The summed E-state index contributed by atoms with van der Waals surface area (Å²) < 4.78 is 42.0. The summed E-state index contributed by atoms with van der Waals surface area (Å²) >= 11 is 1.78. The van der Waals surface area contributed by atoms with Crippen molar-refractivity contribution >= 4 is 30.2 Å². The van der Waals surface area contributed by atoms with Crippen LogP contribution in [0, 0.1) is 0 Å². The molecule has 0 bridgehead atoms. The molecule has 0 radical (unpaired) electrons. The molecular formula is C26H40O5S2Si. The fourth-order valence-electron chi connectivity index (χ4n) is 3.20. The topological polar surface area (TPSA) is 61.8 Å². The van der Waals surface area contributed by atoms with Crippen LogP contribution in [-0.4, -0.2) is 47.6 Å². The fraction of sp³-hybridized carbons (Fsp3) is 0.538. The molecule has 2 rings (SSSR count). The molecule has 8 heteroatoms. The molecule has 0 unspecified atom stereocenters. The summed E-state index contributed by atoms with van der Waals surface area (Å²) in [4.78, 5) is 1.21. The molecule has 190 valence electrons. The maximum Gasteiger partial charge on any atom is 0.264 e. The Morgan fingerprint density at radius 3 is 2.09 bits per heavy atom. The number of ether oxygens (including phenoxy) is 1. The van der Waals surface area contributed by atoms with Gasteiger partial charge in [0.1, 0.15) is 6.10 Å². The number of hydrogen-bond donors (Lipinski definition) is 0. The highest BCUT2D eigenvalue weighted by Crippen LogP contribution is 2.38. The van der Waals surface area contributed by atoms with Crippen LogP contribution in [0.5, 0.6) is 0 Å². The smallest absolute Gasteiger partial charge is 0.264 e. The lowest BCUT2D eigenvalue weighted by molar-refractivity contribution is 0.0188. The maximum atomic E-state index is 12.0. The van der Waals surface area contributed by atoms with Crippen molar-refractivity contribution in [1.82, 2.24) is 0 Å². The third-order valence-corrected chi connectivity index (χ3v) is 12.2. The Bertz CT molecular complexity index is 944. The van der Waals surface area contributed by atoms with E-state index >= 15 is 0 Å². The zero-order valence-electron chi connectivity index (χ0n) is 21.3. The Kier molecular flexibility index (Phi) is 11.3. The Hall–Kier alpha value is -1.16. The highest BCUT2D eigenvalue weighted by atomic mass is 32.2. The van der Waals surface area contributed by atoms with Crippen LogP contribution in [0.15, 0.2) is 65.6 Å². The normalized spacial score (nSPS) is 14.6. The minimum atomic E-state index is -3.63. The molecule has 0 aliphatic carbocycles. The molecule has 2 aromatic carbocycles. The van der Waals surface area contributed by atoms with Crippen LogP contribution in [0.4, 0.5) is 0 Å². The zero-order valence-corrected chi connectivity index (χ0v) is 24.0. The summed E-state index contributed by atoms with van der Waals surface area (Å²) in [6.07, 6.45) is 1.63. The first kappa shape index (κ1) is 29.1. The average Bonchev–Trinajstić information content (AvgIpc) is 2.73. The molecule has 34 heavy (non-hydrogen) atoms. The van der Waals surface area contributed by atoms with E-state index in [1.807, 2.05) is 48.5 Å². The zero-order chi connectivity index (χ0) is 25.2. The summed E-state index contributed by atoms with van der Waals surface area (Å²) in [7, 11) is -5.69. The van der Waals surface area contributed by atoms with E-state index in [4.69, 9.17) is 13.3 Å². The SMILES string of the molecule is CC(C)(C)[Si](C)(C)O[C@@H](CCSc1ccccc1)C[C@H](COCc1ccccc1)OS(C)(=O)=O.